The Morgan fingerprint density at radius 3 is 2.69 bits per heavy atom. The molecule has 0 radical (unpaired) electrons. The molecule has 5 heteroatoms. The fourth-order valence-electron chi connectivity index (χ4n) is 2.00. The highest BCUT2D eigenvalue weighted by atomic mass is 16.1. The van der Waals surface area contributed by atoms with E-state index in [0.717, 1.165) is 31.7 Å². The van der Waals surface area contributed by atoms with Crippen molar-refractivity contribution in [2.75, 3.05) is 23.7 Å². The average Bonchev–Trinajstić information content (AvgIpc) is 2.29. The molecule has 1 saturated heterocycles. The summed E-state index contributed by atoms with van der Waals surface area (Å²) in [6.07, 6.45) is 3.29. The number of nitrogen functional groups attached to an aromatic ring is 1. The van der Waals surface area contributed by atoms with Gasteiger partial charge in [0.15, 0.2) is 0 Å². The van der Waals surface area contributed by atoms with Crippen molar-refractivity contribution in [2.24, 2.45) is 11.7 Å². The zero-order valence-electron chi connectivity index (χ0n) is 9.10. The summed E-state index contributed by atoms with van der Waals surface area (Å²) in [5.74, 6) is 0.695. The molecule has 1 aliphatic rings. The summed E-state index contributed by atoms with van der Waals surface area (Å²) in [6.45, 7) is 1.62. The maximum absolute atomic E-state index is 11.0. The third-order valence-electron chi connectivity index (χ3n) is 2.99. The minimum absolute atomic E-state index is 0.0114. The van der Waals surface area contributed by atoms with Crippen LogP contribution in [0.4, 0.5) is 11.5 Å². The van der Waals surface area contributed by atoms with Gasteiger partial charge in [0.1, 0.15) is 5.82 Å². The van der Waals surface area contributed by atoms with E-state index in [4.69, 9.17) is 11.5 Å². The molecule has 1 amide bonds. The predicted molar refractivity (Wildman–Crippen MR) is 62.8 cm³/mol. The Kier molecular flexibility index (Phi) is 2.94. The molecule has 0 aromatic carbocycles. The SMILES string of the molecule is NC(=O)C1CCN(c2cc(N)ccn2)CC1. The molecule has 16 heavy (non-hydrogen) atoms. The molecule has 86 valence electrons. The van der Waals surface area contributed by atoms with Crippen LogP contribution in [0.2, 0.25) is 0 Å². The van der Waals surface area contributed by atoms with Crippen LogP contribution in [0, 0.1) is 5.92 Å². The highest BCUT2D eigenvalue weighted by molar-refractivity contribution is 5.77. The number of primary amides is 1. The zero-order valence-corrected chi connectivity index (χ0v) is 9.10. The summed E-state index contributed by atoms with van der Waals surface area (Å²) in [7, 11) is 0. The fraction of sp³-hybridized carbons (Fsp3) is 0.455. The van der Waals surface area contributed by atoms with E-state index in [9.17, 15) is 4.79 Å². The molecule has 0 unspecified atom stereocenters. The molecule has 0 spiro atoms. The number of carbonyl (C=O) groups is 1. The number of nitrogens with two attached hydrogens (primary N) is 2. The summed E-state index contributed by atoms with van der Waals surface area (Å²) >= 11 is 0. The van der Waals surface area contributed by atoms with Gasteiger partial charge in [-0.05, 0) is 18.9 Å². The first kappa shape index (κ1) is 10.7. The Hall–Kier alpha value is -1.78. The quantitative estimate of drug-likeness (QED) is 0.753. The van der Waals surface area contributed by atoms with E-state index < -0.39 is 0 Å². The first-order valence-corrected chi connectivity index (χ1v) is 5.42. The Morgan fingerprint density at radius 2 is 2.12 bits per heavy atom. The molecule has 0 saturated carbocycles. The molecule has 4 N–H and O–H groups in total. The standard InChI is InChI=1S/C11H16N4O/c12-9-1-4-14-10(7-9)15-5-2-8(3-6-15)11(13)16/h1,4,7-8H,2-3,5-6H2,(H2,12,14)(H2,13,16). The molecule has 1 aromatic heterocycles. The van der Waals surface area contributed by atoms with Crippen molar-refractivity contribution in [1.82, 2.24) is 4.98 Å². The van der Waals surface area contributed by atoms with Crippen LogP contribution in [0.1, 0.15) is 12.8 Å². The van der Waals surface area contributed by atoms with Crippen LogP contribution < -0.4 is 16.4 Å². The highest BCUT2D eigenvalue weighted by Gasteiger charge is 2.23. The van der Waals surface area contributed by atoms with Crippen molar-refractivity contribution in [1.29, 1.82) is 0 Å². The van der Waals surface area contributed by atoms with Gasteiger partial charge in [-0.3, -0.25) is 4.79 Å². The monoisotopic (exact) mass is 220 g/mol. The zero-order chi connectivity index (χ0) is 11.5. The minimum atomic E-state index is -0.194. The van der Waals surface area contributed by atoms with Crippen molar-refractivity contribution in [3.8, 4) is 0 Å². The first-order valence-electron chi connectivity index (χ1n) is 5.42. The molecule has 1 aliphatic heterocycles. The number of anilines is 2. The van der Waals surface area contributed by atoms with Crippen molar-refractivity contribution >= 4 is 17.4 Å². The summed E-state index contributed by atoms with van der Waals surface area (Å²) in [5, 5.41) is 0. The van der Waals surface area contributed by atoms with Crippen molar-refractivity contribution < 1.29 is 4.79 Å². The number of pyridine rings is 1. The summed E-state index contributed by atoms with van der Waals surface area (Å²) in [6, 6.07) is 3.62. The molecule has 1 fully saturated rings. The van der Waals surface area contributed by atoms with Gasteiger partial charge in [0, 0.05) is 37.0 Å². The van der Waals surface area contributed by atoms with Crippen LogP contribution in [-0.2, 0) is 4.79 Å². The van der Waals surface area contributed by atoms with Gasteiger partial charge in [0.05, 0.1) is 0 Å². The average molecular weight is 220 g/mol. The second kappa shape index (κ2) is 4.38. The molecular formula is C11H16N4O. The number of rotatable bonds is 2. The first-order chi connectivity index (χ1) is 7.66. The topological polar surface area (TPSA) is 85.2 Å². The van der Waals surface area contributed by atoms with Crippen LogP contribution in [0.3, 0.4) is 0 Å². The molecule has 0 bridgehead atoms. The van der Waals surface area contributed by atoms with Gasteiger partial charge < -0.3 is 16.4 Å². The molecule has 1 aromatic rings. The van der Waals surface area contributed by atoms with E-state index in [0.29, 0.717) is 5.69 Å². The number of aromatic nitrogens is 1. The van der Waals surface area contributed by atoms with Gasteiger partial charge in [0.2, 0.25) is 5.91 Å². The predicted octanol–water partition coefficient (Wildman–Crippen LogP) is 0.365. The van der Waals surface area contributed by atoms with Crippen LogP contribution >= 0.6 is 0 Å². The van der Waals surface area contributed by atoms with E-state index >= 15 is 0 Å². The van der Waals surface area contributed by atoms with E-state index in [-0.39, 0.29) is 11.8 Å². The highest BCUT2D eigenvalue weighted by Crippen LogP contribution is 2.22. The fourth-order valence-corrected chi connectivity index (χ4v) is 2.00. The molecular weight excluding hydrogens is 204 g/mol. The van der Waals surface area contributed by atoms with E-state index in [1.807, 2.05) is 6.07 Å². The summed E-state index contributed by atoms with van der Waals surface area (Å²) < 4.78 is 0. The van der Waals surface area contributed by atoms with Gasteiger partial charge in [-0.15, -0.1) is 0 Å². The van der Waals surface area contributed by atoms with Crippen LogP contribution in [0.25, 0.3) is 0 Å². The van der Waals surface area contributed by atoms with E-state index in [1.54, 1.807) is 12.3 Å². The van der Waals surface area contributed by atoms with Gasteiger partial charge in [0.25, 0.3) is 0 Å². The number of hydrogen-bond donors (Lipinski definition) is 2. The van der Waals surface area contributed by atoms with Gasteiger partial charge >= 0.3 is 0 Å². The number of amides is 1. The maximum Gasteiger partial charge on any atom is 0.220 e. The lowest BCUT2D eigenvalue weighted by Gasteiger charge is -2.31. The third-order valence-corrected chi connectivity index (χ3v) is 2.99. The Labute approximate surface area is 94.4 Å². The summed E-state index contributed by atoms with van der Waals surface area (Å²) in [5.41, 5.74) is 11.7. The largest absolute Gasteiger partial charge is 0.399 e. The van der Waals surface area contributed by atoms with E-state index in [2.05, 4.69) is 9.88 Å². The lowest BCUT2D eigenvalue weighted by molar-refractivity contribution is -0.122. The Bertz CT molecular complexity index is 385. The summed E-state index contributed by atoms with van der Waals surface area (Å²) in [4.78, 5) is 17.4. The van der Waals surface area contributed by atoms with E-state index in [1.165, 1.54) is 0 Å². The smallest absolute Gasteiger partial charge is 0.220 e. The van der Waals surface area contributed by atoms with Crippen LogP contribution in [0.5, 0.6) is 0 Å². The van der Waals surface area contributed by atoms with Crippen LogP contribution in [0.15, 0.2) is 18.3 Å². The normalized spacial score (nSPS) is 17.4. The number of hydrogen-bond acceptors (Lipinski definition) is 4. The number of nitrogens with zero attached hydrogens (tertiary/aromatic N) is 2. The lowest BCUT2D eigenvalue weighted by atomic mass is 9.96. The molecule has 2 heterocycles. The van der Waals surface area contributed by atoms with Gasteiger partial charge in [-0.25, -0.2) is 4.98 Å². The molecule has 0 aliphatic carbocycles. The number of carbonyl (C=O) groups excluding carboxylic acids is 1. The Morgan fingerprint density at radius 1 is 1.44 bits per heavy atom. The van der Waals surface area contributed by atoms with Crippen molar-refractivity contribution in [3.63, 3.8) is 0 Å². The van der Waals surface area contributed by atoms with Crippen LogP contribution in [-0.4, -0.2) is 24.0 Å². The van der Waals surface area contributed by atoms with Crippen molar-refractivity contribution in [3.05, 3.63) is 18.3 Å². The second-order valence-electron chi connectivity index (χ2n) is 4.11. The minimum Gasteiger partial charge on any atom is -0.399 e. The number of piperidine rings is 1. The Balaban J connectivity index is 2.01. The van der Waals surface area contributed by atoms with Gasteiger partial charge in [-0.1, -0.05) is 0 Å². The third kappa shape index (κ3) is 2.24. The van der Waals surface area contributed by atoms with Crippen molar-refractivity contribution in [2.45, 2.75) is 12.8 Å². The molecule has 0 atom stereocenters. The molecule has 5 nitrogen and oxygen atoms in total. The van der Waals surface area contributed by atoms with Gasteiger partial charge in [-0.2, -0.15) is 0 Å². The lowest BCUT2D eigenvalue weighted by Crippen LogP contribution is -2.38. The molecule has 2 rings (SSSR count). The maximum atomic E-state index is 11.0. The second-order valence-corrected chi connectivity index (χ2v) is 4.11.